The Hall–Kier alpha value is -2.27. The van der Waals surface area contributed by atoms with Crippen LogP contribution < -0.4 is 10.2 Å². The number of benzene rings is 2. The minimum atomic E-state index is -0.102. The predicted octanol–water partition coefficient (Wildman–Crippen LogP) is 3.99. The maximum atomic E-state index is 12.5. The Morgan fingerprint density at radius 3 is 2.79 bits per heavy atom. The number of thioether (sulfide) groups is 1. The second kappa shape index (κ2) is 7.09. The number of hydrogen-bond acceptors (Lipinski definition) is 3. The summed E-state index contributed by atoms with van der Waals surface area (Å²) >= 11 is 1.61. The lowest BCUT2D eigenvalue weighted by Gasteiger charge is -2.25. The number of carbonyl (C=O) groups is 2. The van der Waals surface area contributed by atoms with E-state index in [-0.39, 0.29) is 17.2 Å². The second-order valence-electron chi connectivity index (χ2n) is 5.76. The maximum absolute atomic E-state index is 12.5. The first-order chi connectivity index (χ1) is 11.6. The molecule has 0 unspecified atom stereocenters. The van der Waals surface area contributed by atoms with Gasteiger partial charge in [-0.1, -0.05) is 31.2 Å². The molecule has 1 saturated heterocycles. The van der Waals surface area contributed by atoms with E-state index < -0.39 is 0 Å². The molecule has 5 heteroatoms. The van der Waals surface area contributed by atoms with Crippen molar-refractivity contribution in [1.82, 2.24) is 0 Å². The summed E-state index contributed by atoms with van der Waals surface area (Å²) in [6.45, 7) is 3.59. The molecular weight excluding hydrogens is 320 g/mol. The number of aryl methyl sites for hydroxylation is 1. The van der Waals surface area contributed by atoms with Gasteiger partial charge in [0.05, 0.1) is 5.75 Å². The molecule has 0 radical (unpaired) electrons. The Labute approximate surface area is 146 Å². The van der Waals surface area contributed by atoms with Gasteiger partial charge >= 0.3 is 0 Å². The molecule has 0 bridgehead atoms. The molecule has 0 aliphatic carbocycles. The van der Waals surface area contributed by atoms with E-state index in [2.05, 4.69) is 24.4 Å². The van der Waals surface area contributed by atoms with Gasteiger partial charge < -0.3 is 5.32 Å². The summed E-state index contributed by atoms with van der Waals surface area (Å²) in [5.41, 5.74) is 3.91. The van der Waals surface area contributed by atoms with Crippen LogP contribution >= 0.6 is 11.8 Å². The molecule has 1 N–H and O–H groups in total. The molecule has 2 aromatic rings. The number of hydrogen-bond donors (Lipinski definition) is 1. The quantitative estimate of drug-likeness (QED) is 0.916. The van der Waals surface area contributed by atoms with Crippen LogP contribution in [0.3, 0.4) is 0 Å². The molecule has 1 heterocycles. The van der Waals surface area contributed by atoms with Crippen molar-refractivity contribution in [1.29, 1.82) is 0 Å². The average Bonchev–Trinajstić information content (AvgIpc) is 2.96. The maximum Gasteiger partial charge on any atom is 0.238 e. The van der Waals surface area contributed by atoms with Gasteiger partial charge in [-0.15, -0.1) is 11.8 Å². The molecule has 124 valence electrons. The van der Waals surface area contributed by atoms with E-state index in [1.54, 1.807) is 11.8 Å². The summed E-state index contributed by atoms with van der Waals surface area (Å²) in [6, 6.07) is 15.8. The van der Waals surface area contributed by atoms with E-state index in [0.717, 1.165) is 23.4 Å². The van der Waals surface area contributed by atoms with Gasteiger partial charge in [0.1, 0.15) is 5.37 Å². The Morgan fingerprint density at radius 1 is 1.25 bits per heavy atom. The molecule has 0 spiro atoms. The average molecular weight is 340 g/mol. The number of carbonyl (C=O) groups excluding carboxylic acids is 2. The highest BCUT2D eigenvalue weighted by Gasteiger charge is 2.34. The molecule has 0 saturated carbocycles. The first-order valence-corrected chi connectivity index (χ1v) is 9.03. The molecule has 1 atom stereocenters. The van der Waals surface area contributed by atoms with E-state index >= 15 is 0 Å². The van der Waals surface area contributed by atoms with E-state index in [4.69, 9.17) is 0 Å². The fraction of sp³-hybridized carbons (Fsp3) is 0.263. The number of anilines is 2. The van der Waals surface area contributed by atoms with Gasteiger partial charge in [0.15, 0.2) is 0 Å². The molecular formula is C19H20N2O2S. The molecule has 24 heavy (non-hydrogen) atoms. The summed E-state index contributed by atoms with van der Waals surface area (Å²) < 4.78 is 0. The molecule has 2 amide bonds. The van der Waals surface area contributed by atoms with Crippen molar-refractivity contribution in [2.75, 3.05) is 16.0 Å². The molecule has 1 fully saturated rings. The number of nitrogens with one attached hydrogen (secondary N) is 1. The lowest BCUT2D eigenvalue weighted by molar-refractivity contribution is -0.116. The number of nitrogens with zero attached hydrogens (tertiary/aromatic N) is 1. The summed E-state index contributed by atoms with van der Waals surface area (Å²) in [5, 5.41) is 2.73. The van der Waals surface area contributed by atoms with Gasteiger partial charge in [-0.3, -0.25) is 14.5 Å². The lowest BCUT2D eigenvalue weighted by atomic mass is 10.1. The van der Waals surface area contributed by atoms with Crippen molar-refractivity contribution in [3.8, 4) is 0 Å². The lowest BCUT2D eigenvalue weighted by Crippen LogP contribution is -2.27. The van der Waals surface area contributed by atoms with Gasteiger partial charge in [0.25, 0.3) is 0 Å². The smallest absolute Gasteiger partial charge is 0.238 e. The van der Waals surface area contributed by atoms with Crippen molar-refractivity contribution < 1.29 is 9.59 Å². The first-order valence-electron chi connectivity index (χ1n) is 7.98. The molecule has 4 nitrogen and oxygen atoms in total. The van der Waals surface area contributed by atoms with Gasteiger partial charge in [0.2, 0.25) is 11.8 Å². The van der Waals surface area contributed by atoms with Crippen LogP contribution in [-0.4, -0.2) is 17.6 Å². The monoisotopic (exact) mass is 340 g/mol. The minimum Gasteiger partial charge on any atom is -0.326 e. The van der Waals surface area contributed by atoms with Gasteiger partial charge in [-0.2, -0.15) is 0 Å². The van der Waals surface area contributed by atoms with Crippen LogP contribution in [0.2, 0.25) is 0 Å². The normalized spacial score (nSPS) is 17.2. The van der Waals surface area contributed by atoms with Crippen molar-refractivity contribution in [2.24, 2.45) is 0 Å². The minimum absolute atomic E-state index is 0.0710. The fourth-order valence-corrected chi connectivity index (χ4v) is 4.02. The molecule has 0 aromatic heterocycles. The summed E-state index contributed by atoms with van der Waals surface area (Å²) in [5.74, 6) is 0.476. The predicted molar refractivity (Wildman–Crippen MR) is 99.3 cm³/mol. The third-order valence-electron chi connectivity index (χ3n) is 3.96. The van der Waals surface area contributed by atoms with Crippen molar-refractivity contribution in [2.45, 2.75) is 25.6 Å². The SMILES string of the molecule is CCc1cccc(N2C(=O)CS[C@@H]2c2cccc(NC(C)=O)c2)c1. The van der Waals surface area contributed by atoms with Crippen LogP contribution in [0.25, 0.3) is 0 Å². The van der Waals surface area contributed by atoms with Crippen molar-refractivity contribution >= 4 is 35.0 Å². The third kappa shape index (κ3) is 3.46. The number of rotatable bonds is 4. The topological polar surface area (TPSA) is 49.4 Å². The Balaban J connectivity index is 1.94. The van der Waals surface area contributed by atoms with Crippen molar-refractivity contribution in [3.63, 3.8) is 0 Å². The fourth-order valence-electron chi connectivity index (χ4n) is 2.85. The Bertz CT molecular complexity index is 775. The van der Waals surface area contributed by atoms with E-state index in [1.165, 1.54) is 12.5 Å². The summed E-state index contributed by atoms with van der Waals surface area (Å²) in [4.78, 5) is 25.6. The van der Waals surface area contributed by atoms with Gasteiger partial charge in [0, 0.05) is 18.3 Å². The highest BCUT2D eigenvalue weighted by Crippen LogP contribution is 2.42. The van der Waals surface area contributed by atoms with Crippen LogP contribution in [0.5, 0.6) is 0 Å². The van der Waals surface area contributed by atoms with Gasteiger partial charge in [-0.05, 0) is 41.8 Å². The highest BCUT2D eigenvalue weighted by molar-refractivity contribution is 8.00. The molecule has 2 aromatic carbocycles. The summed E-state index contributed by atoms with van der Waals surface area (Å²) in [6.07, 6.45) is 0.936. The second-order valence-corrected chi connectivity index (χ2v) is 6.83. The largest absolute Gasteiger partial charge is 0.326 e. The van der Waals surface area contributed by atoms with Crippen molar-refractivity contribution in [3.05, 3.63) is 59.7 Å². The van der Waals surface area contributed by atoms with Gasteiger partial charge in [-0.25, -0.2) is 0 Å². The standard InChI is InChI=1S/C19H20N2O2S/c1-3-14-6-4-9-17(10-14)21-18(23)12-24-19(21)15-7-5-8-16(11-15)20-13(2)22/h4-11,19H,3,12H2,1-2H3,(H,20,22)/t19-/m1/s1. The first kappa shape index (κ1) is 16.6. The van der Waals surface area contributed by atoms with Crippen LogP contribution in [0.4, 0.5) is 11.4 Å². The van der Waals surface area contributed by atoms with E-state index in [9.17, 15) is 9.59 Å². The zero-order valence-electron chi connectivity index (χ0n) is 13.8. The zero-order chi connectivity index (χ0) is 17.1. The zero-order valence-corrected chi connectivity index (χ0v) is 14.6. The molecule has 1 aliphatic rings. The third-order valence-corrected chi connectivity index (χ3v) is 5.17. The molecule has 1 aliphatic heterocycles. The Morgan fingerprint density at radius 2 is 2.04 bits per heavy atom. The van der Waals surface area contributed by atoms with E-state index in [0.29, 0.717) is 5.75 Å². The number of amides is 2. The van der Waals surface area contributed by atoms with Crippen LogP contribution in [0.1, 0.15) is 30.3 Å². The Kier molecular flexibility index (Phi) is 4.90. The summed E-state index contributed by atoms with van der Waals surface area (Å²) in [7, 11) is 0. The molecule has 3 rings (SSSR count). The highest BCUT2D eigenvalue weighted by atomic mass is 32.2. The van der Waals surface area contributed by atoms with E-state index in [1.807, 2.05) is 41.3 Å². The van der Waals surface area contributed by atoms with Crippen LogP contribution in [0.15, 0.2) is 48.5 Å². The van der Waals surface area contributed by atoms with Crippen LogP contribution in [0, 0.1) is 0 Å². The van der Waals surface area contributed by atoms with Crippen LogP contribution in [-0.2, 0) is 16.0 Å².